The van der Waals surface area contributed by atoms with Crippen LogP contribution in [0.25, 0.3) is 0 Å². The van der Waals surface area contributed by atoms with Gasteiger partial charge in [0.2, 0.25) is 0 Å². The van der Waals surface area contributed by atoms with Crippen LogP contribution in [-0.2, 0) is 5.88 Å². The largest absolute Gasteiger partial charge is 0.122 e. The van der Waals surface area contributed by atoms with Crippen molar-refractivity contribution in [2.45, 2.75) is 5.88 Å². The summed E-state index contributed by atoms with van der Waals surface area (Å²) in [4.78, 5) is 0. The van der Waals surface area contributed by atoms with Crippen LogP contribution in [0.5, 0.6) is 0 Å². The third kappa shape index (κ3) is 2.96. The zero-order chi connectivity index (χ0) is 5.82. The molecule has 0 aromatic heterocycles. The van der Waals surface area contributed by atoms with Crippen molar-refractivity contribution in [1.82, 2.24) is 0 Å². The van der Waals surface area contributed by atoms with E-state index in [2.05, 4.69) is 0 Å². The molecule has 0 bridgehead atoms. The van der Waals surface area contributed by atoms with E-state index in [4.69, 9.17) is 11.6 Å². The Bertz CT molecular complexity index is 150. The molecule has 0 atom stereocenters. The second kappa shape index (κ2) is 4.94. The molecule has 1 aromatic carbocycles. The molecule has 0 unspecified atom stereocenters. The van der Waals surface area contributed by atoms with Crippen LogP contribution in [0.4, 0.5) is 0 Å². The van der Waals surface area contributed by atoms with Gasteiger partial charge in [-0.15, -0.1) is 11.6 Å². The first-order valence-electron chi connectivity index (χ1n) is 2.53. The van der Waals surface area contributed by atoms with Crippen LogP contribution in [-0.4, -0.2) is 18.9 Å². The Labute approximate surface area is 72.4 Å². The van der Waals surface area contributed by atoms with Gasteiger partial charge >= 0.3 is 0 Å². The summed E-state index contributed by atoms with van der Waals surface area (Å²) in [5, 5.41) is 0. The van der Waals surface area contributed by atoms with Gasteiger partial charge in [-0.25, -0.2) is 0 Å². The van der Waals surface area contributed by atoms with E-state index < -0.39 is 0 Å². The number of benzene rings is 1. The van der Waals surface area contributed by atoms with Gasteiger partial charge in [-0.3, -0.25) is 0 Å². The van der Waals surface area contributed by atoms with Gasteiger partial charge < -0.3 is 0 Å². The van der Waals surface area contributed by atoms with E-state index in [1.165, 1.54) is 5.56 Å². The molecule has 2 heteroatoms. The van der Waals surface area contributed by atoms with Crippen molar-refractivity contribution >= 4 is 30.5 Å². The molecule has 0 N–H and O–H groups in total. The maximum absolute atomic E-state index is 5.53. The minimum absolute atomic E-state index is 0. The quantitative estimate of drug-likeness (QED) is 0.406. The molecule has 0 nitrogen and oxygen atoms in total. The van der Waals surface area contributed by atoms with Crippen LogP contribution in [0.3, 0.4) is 0 Å². The smallest absolute Gasteiger partial charge is 0.0474 e. The first kappa shape index (κ1) is 9.11. The van der Waals surface area contributed by atoms with Crippen LogP contribution in [0.2, 0.25) is 0 Å². The van der Waals surface area contributed by atoms with Crippen molar-refractivity contribution in [2.75, 3.05) is 0 Å². The maximum atomic E-state index is 5.53. The Morgan fingerprint density at radius 3 is 2.00 bits per heavy atom. The molecule has 0 heterocycles. The van der Waals surface area contributed by atoms with Crippen LogP contribution >= 0.6 is 11.6 Å². The van der Waals surface area contributed by atoms with Gasteiger partial charge in [-0.05, 0) is 5.56 Å². The van der Waals surface area contributed by atoms with Gasteiger partial charge in [0.15, 0.2) is 0 Å². The molecule has 1 aromatic rings. The predicted octanol–water partition coefficient (Wildman–Crippen LogP) is 2.04. The van der Waals surface area contributed by atoms with E-state index in [1.807, 2.05) is 30.3 Å². The molecule has 0 aliphatic rings. The van der Waals surface area contributed by atoms with Gasteiger partial charge in [-0.1, -0.05) is 30.3 Å². The first-order valence-corrected chi connectivity index (χ1v) is 3.07. The normalized spacial score (nSPS) is 8.11. The standard InChI is InChI=1S/C7H7Cl.Li/c8-6-7-4-2-1-3-5-7;/h1-5H,6H2;. The van der Waals surface area contributed by atoms with Crippen LogP contribution in [0, 0.1) is 0 Å². The summed E-state index contributed by atoms with van der Waals surface area (Å²) >= 11 is 5.53. The minimum Gasteiger partial charge on any atom is -0.122 e. The summed E-state index contributed by atoms with van der Waals surface area (Å²) in [6, 6.07) is 9.96. The first-order chi connectivity index (χ1) is 3.93. The van der Waals surface area contributed by atoms with Crippen molar-refractivity contribution in [3.63, 3.8) is 0 Å². The molecule has 0 saturated carbocycles. The minimum atomic E-state index is 0. The van der Waals surface area contributed by atoms with E-state index in [9.17, 15) is 0 Å². The van der Waals surface area contributed by atoms with Gasteiger partial charge in [0.1, 0.15) is 0 Å². The molecule has 9 heavy (non-hydrogen) atoms. The molecule has 1 radical (unpaired) electrons. The molecule has 0 saturated heterocycles. The van der Waals surface area contributed by atoms with Crippen molar-refractivity contribution in [1.29, 1.82) is 0 Å². The fourth-order valence-corrected chi connectivity index (χ4v) is 0.745. The zero-order valence-corrected chi connectivity index (χ0v) is 6.23. The van der Waals surface area contributed by atoms with E-state index >= 15 is 0 Å². The van der Waals surface area contributed by atoms with E-state index in [1.54, 1.807) is 0 Å². The van der Waals surface area contributed by atoms with Gasteiger partial charge in [0.05, 0.1) is 0 Å². The summed E-state index contributed by atoms with van der Waals surface area (Å²) in [7, 11) is 0. The van der Waals surface area contributed by atoms with Crippen LogP contribution in [0.15, 0.2) is 30.3 Å². The number of alkyl halides is 1. The second-order valence-corrected chi connectivity index (χ2v) is 1.89. The number of hydrogen-bond donors (Lipinski definition) is 0. The SMILES string of the molecule is ClCc1ccccc1.[Li]. The van der Waals surface area contributed by atoms with E-state index in [0.717, 1.165) is 0 Å². The molecule has 0 aliphatic carbocycles. The van der Waals surface area contributed by atoms with Crippen molar-refractivity contribution in [3.8, 4) is 0 Å². The summed E-state index contributed by atoms with van der Waals surface area (Å²) in [6.45, 7) is 0. The van der Waals surface area contributed by atoms with Gasteiger partial charge in [-0.2, -0.15) is 0 Å². The predicted molar refractivity (Wildman–Crippen MR) is 41.8 cm³/mol. The van der Waals surface area contributed by atoms with E-state index in [0.29, 0.717) is 5.88 Å². The summed E-state index contributed by atoms with van der Waals surface area (Å²) < 4.78 is 0. The topological polar surface area (TPSA) is 0 Å². The third-order valence-electron chi connectivity index (χ3n) is 0.997. The molecule has 43 valence electrons. The fraction of sp³-hybridized carbons (Fsp3) is 0.143. The second-order valence-electron chi connectivity index (χ2n) is 1.62. The molecular formula is C7H7ClLi. The molecule has 0 fully saturated rings. The maximum Gasteiger partial charge on any atom is 0.0474 e. The summed E-state index contributed by atoms with van der Waals surface area (Å²) in [5.74, 6) is 0.612. The Kier molecular flexibility index (Phi) is 5.00. The van der Waals surface area contributed by atoms with E-state index in [-0.39, 0.29) is 18.9 Å². The summed E-state index contributed by atoms with van der Waals surface area (Å²) in [5.41, 5.74) is 1.18. The Balaban J connectivity index is 0.000000640. The average molecular weight is 134 g/mol. The Morgan fingerprint density at radius 1 is 1.11 bits per heavy atom. The zero-order valence-electron chi connectivity index (χ0n) is 5.47. The molecule has 0 aliphatic heterocycles. The Morgan fingerprint density at radius 2 is 1.67 bits per heavy atom. The fourth-order valence-electron chi connectivity index (χ4n) is 0.567. The number of halogens is 1. The molecule has 0 spiro atoms. The third-order valence-corrected chi connectivity index (χ3v) is 1.31. The van der Waals surface area contributed by atoms with Gasteiger partial charge in [0, 0.05) is 24.7 Å². The average Bonchev–Trinajstić information content (AvgIpc) is 1.90. The van der Waals surface area contributed by atoms with Crippen molar-refractivity contribution < 1.29 is 0 Å². The molecule has 1 rings (SSSR count). The molecular weight excluding hydrogens is 126 g/mol. The number of hydrogen-bond acceptors (Lipinski definition) is 0. The Hall–Kier alpha value is 0.107. The monoisotopic (exact) mass is 133 g/mol. The molecule has 0 amide bonds. The summed E-state index contributed by atoms with van der Waals surface area (Å²) in [6.07, 6.45) is 0. The number of rotatable bonds is 1. The van der Waals surface area contributed by atoms with Gasteiger partial charge in [0.25, 0.3) is 0 Å². The van der Waals surface area contributed by atoms with Crippen LogP contribution < -0.4 is 0 Å². The van der Waals surface area contributed by atoms with Crippen LogP contribution in [0.1, 0.15) is 5.56 Å². The van der Waals surface area contributed by atoms with Crippen molar-refractivity contribution in [3.05, 3.63) is 35.9 Å². The van der Waals surface area contributed by atoms with Crippen molar-refractivity contribution in [2.24, 2.45) is 0 Å².